The highest BCUT2D eigenvalue weighted by Gasteiger charge is 2.43. The summed E-state index contributed by atoms with van der Waals surface area (Å²) in [5, 5.41) is 8.62. The fourth-order valence-corrected chi connectivity index (χ4v) is 3.72. The van der Waals surface area contributed by atoms with Crippen LogP contribution in [0, 0.1) is 11.6 Å². The van der Waals surface area contributed by atoms with Gasteiger partial charge in [-0.1, -0.05) is 0 Å². The first-order chi connectivity index (χ1) is 13.1. The molecule has 1 aliphatic carbocycles. The molecule has 4 rings (SSSR count). The number of benzene rings is 1. The summed E-state index contributed by atoms with van der Waals surface area (Å²) >= 11 is 0. The third-order valence-corrected chi connectivity index (χ3v) is 5.75. The molecule has 0 spiro atoms. The number of fused-ring (bicyclic) bond motifs is 1. The Bertz CT molecular complexity index is 1040. The zero-order valence-electron chi connectivity index (χ0n) is 15.8. The fourth-order valence-electron chi connectivity index (χ4n) is 3.72. The molecule has 0 unspecified atom stereocenters. The van der Waals surface area contributed by atoms with Crippen molar-refractivity contribution in [3.05, 3.63) is 34.1 Å². The minimum atomic E-state index is -1.65. The number of halogens is 2. The molecule has 2 heterocycles. The molecule has 0 amide bonds. The van der Waals surface area contributed by atoms with Gasteiger partial charge < -0.3 is 24.2 Å². The third-order valence-electron chi connectivity index (χ3n) is 5.75. The number of likely N-dealkylation sites (N-methyl/N-ethyl adjacent to an activating group) is 1. The summed E-state index contributed by atoms with van der Waals surface area (Å²) in [6.07, 6.45) is 1.08. The van der Waals surface area contributed by atoms with Gasteiger partial charge in [0, 0.05) is 19.1 Å². The van der Waals surface area contributed by atoms with Crippen LogP contribution in [0.1, 0.15) is 25.8 Å². The van der Waals surface area contributed by atoms with Crippen LogP contribution in [0.3, 0.4) is 0 Å². The van der Waals surface area contributed by atoms with Crippen molar-refractivity contribution >= 4 is 22.7 Å². The normalized spacial score (nSPS) is 18.4. The van der Waals surface area contributed by atoms with E-state index in [2.05, 4.69) is 4.74 Å². The predicted octanol–water partition coefficient (Wildman–Crippen LogP) is 2.81. The SMILES string of the molecule is CN(C)C1(C)CN(c2c(F)cc3c(=O)c(OC(=O)O)cn(C4CC4)c3c2F)C1. The second-order valence-corrected chi connectivity index (χ2v) is 7.99. The van der Waals surface area contributed by atoms with Gasteiger partial charge in [0.25, 0.3) is 0 Å². The van der Waals surface area contributed by atoms with Crippen LogP contribution in [0.4, 0.5) is 19.3 Å². The molecule has 0 atom stereocenters. The molecule has 1 aromatic carbocycles. The zero-order chi connectivity index (χ0) is 20.4. The average molecular weight is 393 g/mol. The van der Waals surface area contributed by atoms with Crippen molar-refractivity contribution in [2.75, 3.05) is 32.1 Å². The van der Waals surface area contributed by atoms with Crippen LogP contribution >= 0.6 is 0 Å². The van der Waals surface area contributed by atoms with Crippen molar-refractivity contribution in [1.82, 2.24) is 9.47 Å². The maximum Gasteiger partial charge on any atom is 0.511 e. The number of nitrogens with zero attached hydrogens (tertiary/aromatic N) is 3. The molecule has 2 fully saturated rings. The van der Waals surface area contributed by atoms with Gasteiger partial charge in [-0.15, -0.1) is 0 Å². The minimum absolute atomic E-state index is 0.0138. The molecule has 1 saturated carbocycles. The van der Waals surface area contributed by atoms with Crippen LogP contribution in [0.5, 0.6) is 5.75 Å². The number of rotatable bonds is 4. The summed E-state index contributed by atoms with van der Waals surface area (Å²) in [5.41, 5.74) is -1.21. The topological polar surface area (TPSA) is 75.0 Å². The highest BCUT2D eigenvalue weighted by atomic mass is 19.1. The molecular formula is C19H21F2N3O4. The number of pyridine rings is 1. The lowest BCUT2D eigenvalue weighted by Crippen LogP contribution is -2.67. The monoisotopic (exact) mass is 393 g/mol. The number of carboxylic acid groups (broad SMARTS) is 1. The summed E-state index contributed by atoms with van der Waals surface area (Å²) in [6.45, 7) is 2.91. The highest BCUT2D eigenvalue weighted by Crippen LogP contribution is 2.41. The Balaban J connectivity index is 1.88. The van der Waals surface area contributed by atoms with E-state index in [4.69, 9.17) is 5.11 Å². The van der Waals surface area contributed by atoms with Crippen LogP contribution in [-0.4, -0.2) is 53.5 Å². The summed E-state index contributed by atoms with van der Waals surface area (Å²) in [6, 6.07) is 0.908. The predicted molar refractivity (Wildman–Crippen MR) is 99.4 cm³/mol. The van der Waals surface area contributed by atoms with Crippen LogP contribution < -0.4 is 15.1 Å². The van der Waals surface area contributed by atoms with Gasteiger partial charge in [0.15, 0.2) is 11.6 Å². The van der Waals surface area contributed by atoms with E-state index >= 15 is 4.39 Å². The van der Waals surface area contributed by atoms with Crippen molar-refractivity contribution < 1.29 is 23.4 Å². The molecule has 1 saturated heterocycles. The number of hydrogen-bond donors (Lipinski definition) is 1. The second-order valence-electron chi connectivity index (χ2n) is 7.99. The number of hydrogen-bond acceptors (Lipinski definition) is 5. The quantitative estimate of drug-likeness (QED) is 0.806. The van der Waals surface area contributed by atoms with Crippen molar-refractivity contribution in [3.63, 3.8) is 0 Å². The lowest BCUT2D eigenvalue weighted by atomic mass is 9.90. The molecule has 1 aromatic heterocycles. The molecule has 2 aliphatic rings. The Kier molecular flexibility index (Phi) is 4.11. The van der Waals surface area contributed by atoms with Gasteiger partial charge >= 0.3 is 6.16 Å². The fraction of sp³-hybridized carbons (Fsp3) is 0.474. The van der Waals surface area contributed by atoms with Gasteiger partial charge in [0.1, 0.15) is 11.5 Å². The highest BCUT2D eigenvalue weighted by molar-refractivity contribution is 5.86. The lowest BCUT2D eigenvalue weighted by molar-refractivity contribution is 0.132. The van der Waals surface area contributed by atoms with Crippen LogP contribution in [0.2, 0.25) is 0 Å². The largest absolute Gasteiger partial charge is 0.511 e. The van der Waals surface area contributed by atoms with E-state index in [1.165, 1.54) is 10.8 Å². The molecule has 2 aromatic rings. The lowest BCUT2D eigenvalue weighted by Gasteiger charge is -2.53. The van der Waals surface area contributed by atoms with Crippen molar-refractivity contribution in [3.8, 4) is 5.75 Å². The number of carbonyl (C=O) groups is 1. The molecule has 0 radical (unpaired) electrons. The molecule has 28 heavy (non-hydrogen) atoms. The molecule has 1 N–H and O–H groups in total. The van der Waals surface area contributed by atoms with Crippen molar-refractivity contribution in [2.45, 2.75) is 31.3 Å². The number of ether oxygens (including phenoxy) is 1. The minimum Gasteiger partial charge on any atom is -0.449 e. The van der Waals surface area contributed by atoms with Gasteiger partial charge in [0.2, 0.25) is 5.43 Å². The Labute approximate surface area is 159 Å². The van der Waals surface area contributed by atoms with E-state index in [0.717, 1.165) is 18.9 Å². The molecular weight excluding hydrogens is 372 g/mol. The van der Waals surface area contributed by atoms with Gasteiger partial charge in [-0.05, 0) is 39.9 Å². The molecule has 0 bridgehead atoms. The summed E-state index contributed by atoms with van der Waals surface area (Å²) in [7, 11) is 3.83. The maximum atomic E-state index is 15.5. The van der Waals surface area contributed by atoms with Crippen molar-refractivity contribution in [1.29, 1.82) is 0 Å². The summed E-state index contributed by atoms with van der Waals surface area (Å²) < 4.78 is 36.3. The smallest absolute Gasteiger partial charge is 0.449 e. The number of anilines is 1. The van der Waals surface area contributed by atoms with E-state index in [9.17, 15) is 14.0 Å². The van der Waals surface area contributed by atoms with E-state index < -0.39 is 29.0 Å². The first-order valence-electron chi connectivity index (χ1n) is 9.02. The third kappa shape index (κ3) is 2.81. The van der Waals surface area contributed by atoms with E-state index in [-0.39, 0.29) is 28.2 Å². The van der Waals surface area contributed by atoms with E-state index in [1.807, 2.05) is 25.9 Å². The average Bonchev–Trinajstić information content (AvgIpc) is 3.40. The Morgan fingerprint density at radius 3 is 2.50 bits per heavy atom. The van der Waals surface area contributed by atoms with Gasteiger partial charge in [-0.3, -0.25) is 4.79 Å². The van der Waals surface area contributed by atoms with Crippen LogP contribution in [-0.2, 0) is 0 Å². The van der Waals surface area contributed by atoms with Crippen molar-refractivity contribution in [2.24, 2.45) is 0 Å². The molecule has 9 heteroatoms. The van der Waals surface area contributed by atoms with Gasteiger partial charge in [-0.25, -0.2) is 13.6 Å². The number of aromatic nitrogens is 1. The molecule has 150 valence electrons. The van der Waals surface area contributed by atoms with Crippen LogP contribution in [0.25, 0.3) is 10.9 Å². The van der Waals surface area contributed by atoms with Gasteiger partial charge in [0.05, 0.1) is 22.6 Å². The summed E-state index contributed by atoms with van der Waals surface area (Å²) in [5.74, 6) is -2.11. The Morgan fingerprint density at radius 2 is 1.96 bits per heavy atom. The van der Waals surface area contributed by atoms with E-state index in [1.54, 1.807) is 4.90 Å². The summed E-state index contributed by atoms with van der Waals surface area (Å²) in [4.78, 5) is 27.1. The van der Waals surface area contributed by atoms with E-state index in [0.29, 0.717) is 13.1 Å². The molecule has 7 nitrogen and oxygen atoms in total. The Morgan fingerprint density at radius 1 is 1.32 bits per heavy atom. The zero-order valence-corrected chi connectivity index (χ0v) is 15.8. The first-order valence-corrected chi connectivity index (χ1v) is 9.02. The van der Waals surface area contributed by atoms with Gasteiger partial charge in [-0.2, -0.15) is 0 Å². The second kappa shape index (κ2) is 6.16. The Hall–Kier alpha value is -2.68. The first kappa shape index (κ1) is 18.7. The van der Waals surface area contributed by atoms with Crippen LogP contribution in [0.15, 0.2) is 17.1 Å². The molecule has 1 aliphatic heterocycles. The standard InChI is InChI=1S/C19H21F2N3O4/c1-19(22(2)3)8-23(9-19)16-12(20)6-11-15(14(16)21)24(10-4-5-10)7-13(17(11)25)28-18(26)27/h6-7,10H,4-5,8-9H2,1-3H3,(H,26,27). The maximum absolute atomic E-state index is 15.5.